The van der Waals surface area contributed by atoms with E-state index in [0.717, 1.165) is 54.3 Å². The van der Waals surface area contributed by atoms with Gasteiger partial charge in [-0.05, 0) is 86.4 Å². The van der Waals surface area contributed by atoms with Gasteiger partial charge >= 0.3 is 12.4 Å². The first kappa shape index (κ1) is 44.7. The molecule has 1 aliphatic rings. The molecule has 0 amide bonds. The molecule has 0 spiro atoms. The Labute approximate surface area is 390 Å². The van der Waals surface area contributed by atoms with E-state index < -0.39 is 55.0 Å². The Kier molecular flexibility index (Phi) is 10.8. The fourth-order valence-corrected chi connectivity index (χ4v) is 18.9. The first-order valence-electron chi connectivity index (χ1n) is 22.1. The number of aromatic nitrogens is 3. The van der Waals surface area contributed by atoms with Crippen LogP contribution in [0, 0.1) is 10.8 Å². The van der Waals surface area contributed by atoms with Crippen molar-refractivity contribution in [1.82, 2.24) is 14.0 Å². The highest BCUT2D eigenvalue weighted by Crippen LogP contribution is 2.52. The predicted octanol–water partition coefficient (Wildman–Crippen LogP) is 11.5. The zero-order valence-electron chi connectivity index (χ0n) is 37.2. The van der Waals surface area contributed by atoms with Gasteiger partial charge in [-0.15, -0.1) is 0 Å². The molecule has 4 nitrogen and oxygen atoms in total. The third-order valence-corrected chi connectivity index (χ3v) is 23.6. The minimum atomic E-state index is -4.54. The van der Waals surface area contributed by atoms with E-state index in [1.807, 2.05) is 91.0 Å². The topological polar surface area (TPSA) is 31.5 Å². The molecule has 3 heterocycles. The molecular weight excluding hydrogens is 905 g/mol. The van der Waals surface area contributed by atoms with Gasteiger partial charge in [-0.25, -0.2) is 4.98 Å². The lowest BCUT2D eigenvalue weighted by atomic mass is 9.95. The Morgan fingerprint density at radius 2 is 1.04 bits per heavy atom. The summed E-state index contributed by atoms with van der Waals surface area (Å²) in [7, 11) is -4.44. The Hall–Kier alpha value is -6.16. The number of hydrogen-bond donors (Lipinski definition) is 0. The summed E-state index contributed by atoms with van der Waals surface area (Å²) >= 11 is 0. The number of halogens is 6. The second-order valence-corrected chi connectivity index (χ2v) is 25.8. The summed E-state index contributed by atoms with van der Waals surface area (Å²) in [5.74, 6) is 1.66. The maximum atomic E-state index is 14.8. The van der Waals surface area contributed by atoms with Crippen molar-refractivity contribution in [3.63, 3.8) is 0 Å². The zero-order valence-corrected chi connectivity index (χ0v) is 40.2. The molecule has 7 aromatic carbocycles. The summed E-state index contributed by atoms with van der Waals surface area (Å²) in [6.07, 6.45) is -9.09. The Morgan fingerprint density at radius 3 is 1.67 bits per heavy atom. The summed E-state index contributed by atoms with van der Waals surface area (Å²) < 4.78 is 99.2. The van der Waals surface area contributed by atoms with Crippen molar-refractivity contribution in [3.8, 4) is 17.2 Å². The van der Waals surface area contributed by atoms with E-state index in [1.54, 1.807) is 12.1 Å². The number of imidazole rings is 2. The summed E-state index contributed by atoms with van der Waals surface area (Å²) in [6, 6.07) is 57.8. The number of alkyl halides is 6. The maximum absolute atomic E-state index is 14.8. The van der Waals surface area contributed by atoms with E-state index in [9.17, 15) is 26.3 Å². The fraction of sp³-hybridized carbons (Fsp3) is 0.204. The van der Waals surface area contributed by atoms with Crippen LogP contribution in [-0.4, -0.2) is 53.4 Å². The normalized spacial score (nSPS) is 14.3. The summed E-state index contributed by atoms with van der Waals surface area (Å²) in [5.41, 5.74) is 1.67. The van der Waals surface area contributed by atoms with E-state index >= 15 is 0 Å². The van der Waals surface area contributed by atoms with Gasteiger partial charge in [0.2, 0.25) is 5.78 Å². The monoisotopic (exact) mass is 949 g/mol. The maximum Gasteiger partial charge on any atom is 0.393 e. The first-order valence-corrected chi connectivity index (χ1v) is 26.5. The van der Waals surface area contributed by atoms with Gasteiger partial charge in [0.05, 0.1) is 51.9 Å². The van der Waals surface area contributed by atoms with Crippen LogP contribution >= 0.6 is 0 Å². The number of para-hydroxylation sites is 6. The molecule has 0 N–H and O–H groups in total. The molecule has 0 saturated carbocycles. The quantitative estimate of drug-likeness (QED) is 0.0735. The molecule has 13 heteroatoms. The number of fused-ring (bicyclic) bond motifs is 7. The molecule has 0 unspecified atom stereocenters. The average molecular weight is 950 g/mol. The molecule has 10 rings (SSSR count). The molecule has 67 heavy (non-hydrogen) atoms. The van der Waals surface area contributed by atoms with Gasteiger partial charge in [0.15, 0.2) is 8.07 Å². The summed E-state index contributed by atoms with van der Waals surface area (Å²) in [4.78, 5) is 5.17. The molecule has 9 aromatic rings. The SMILES string of the molecule is CC(C)(C[Si]C1([Si]CC(C)(C)C(F)(F)F)c2ccccc2Oc2c1cccc2[Si](c1ccccc1)(c1ccccc1)c1cccc(-n2c3ccccc3n3c4ccccc4nc23)c1)C(F)(F)F. The highest BCUT2D eigenvalue weighted by molar-refractivity contribution is 7.20. The van der Waals surface area contributed by atoms with E-state index in [2.05, 4.69) is 81.8 Å². The summed E-state index contributed by atoms with van der Waals surface area (Å²) in [6.45, 7) is 4.73. The van der Waals surface area contributed by atoms with E-state index in [0.29, 0.717) is 22.6 Å². The number of rotatable bonds is 11. The first-order chi connectivity index (χ1) is 32.0. The predicted molar refractivity (Wildman–Crippen MR) is 261 cm³/mol. The van der Waals surface area contributed by atoms with Gasteiger partial charge < -0.3 is 4.74 Å². The zero-order chi connectivity index (χ0) is 47.0. The van der Waals surface area contributed by atoms with Crippen molar-refractivity contribution in [2.45, 2.75) is 56.8 Å². The van der Waals surface area contributed by atoms with Crippen LogP contribution in [-0.2, 0) is 4.66 Å². The largest absolute Gasteiger partial charge is 0.457 e. The van der Waals surface area contributed by atoms with Gasteiger partial charge in [-0.1, -0.05) is 161 Å². The van der Waals surface area contributed by atoms with Crippen molar-refractivity contribution in [2.24, 2.45) is 10.8 Å². The van der Waals surface area contributed by atoms with E-state index in [4.69, 9.17) is 9.72 Å². The van der Waals surface area contributed by atoms with Crippen molar-refractivity contribution in [1.29, 1.82) is 0 Å². The van der Waals surface area contributed by atoms with Crippen molar-refractivity contribution in [3.05, 3.63) is 187 Å². The Bertz CT molecular complexity index is 3220. The summed E-state index contributed by atoms with van der Waals surface area (Å²) in [5, 5.41) is 3.88. The van der Waals surface area contributed by atoms with Gasteiger partial charge in [0.25, 0.3) is 0 Å². The molecule has 0 saturated heterocycles. The molecule has 0 fully saturated rings. The molecule has 336 valence electrons. The molecular formula is C54H45F6N3OSi3. The van der Waals surface area contributed by atoms with Crippen LogP contribution in [0.25, 0.3) is 33.5 Å². The highest BCUT2D eigenvalue weighted by Gasteiger charge is 2.55. The van der Waals surface area contributed by atoms with Gasteiger partial charge in [-0.2, -0.15) is 26.3 Å². The Balaban J connectivity index is 1.28. The smallest absolute Gasteiger partial charge is 0.393 e. The number of ether oxygens (including phenoxy) is 1. The van der Waals surface area contributed by atoms with Crippen molar-refractivity contribution >= 4 is 75.7 Å². The van der Waals surface area contributed by atoms with Crippen molar-refractivity contribution < 1.29 is 31.1 Å². The minimum absolute atomic E-state index is 0.294. The Morgan fingerprint density at radius 1 is 0.537 bits per heavy atom. The fourth-order valence-electron chi connectivity index (χ4n) is 9.54. The molecule has 0 atom stereocenters. The van der Waals surface area contributed by atoms with E-state index in [-0.39, 0.29) is 12.1 Å². The molecule has 0 aliphatic carbocycles. The van der Waals surface area contributed by atoms with Crippen LogP contribution < -0.4 is 25.5 Å². The lowest BCUT2D eigenvalue weighted by Gasteiger charge is -2.45. The molecule has 2 aromatic heterocycles. The third kappa shape index (κ3) is 7.19. The number of hydrogen-bond acceptors (Lipinski definition) is 2. The number of benzene rings is 7. The lowest BCUT2D eigenvalue weighted by molar-refractivity contribution is -0.204. The standard InChI is InChI=1S/C54H45F6N3OSi3/c1-50(2,53(55,56)57)34-65-52(66-35-51(3,4)54(58,59)60)40-25-11-16-31-46(40)64-48-41(52)26-18-32-47(48)67(37-20-7-5-8-21-37,38-22-9-6-10-23-38)39-24-17-19-36(33-39)62-44-29-14-15-30-45(44)63-43-28-13-12-27-42(43)61-49(62)63/h5-33H,34-35H2,1-4H3. The second-order valence-electron chi connectivity index (χ2n) is 18.6. The van der Waals surface area contributed by atoms with Crippen LogP contribution in [0.15, 0.2) is 176 Å². The molecule has 0 bridgehead atoms. The van der Waals surface area contributed by atoms with Gasteiger partial charge in [-0.3, -0.25) is 8.97 Å². The second kappa shape index (κ2) is 16.3. The van der Waals surface area contributed by atoms with Crippen LogP contribution in [0.2, 0.25) is 12.1 Å². The van der Waals surface area contributed by atoms with Crippen LogP contribution in [0.3, 0.4) is 0 Å². The minimum Gasteiger partial charge on any atom is -0.457 e. The van der Waals surface area contributed by atoms with Crippen LogP contribution in [0.1, 0.15) is 38.8 Å². The van der Waals surface area contributed by atoms with Gasteiger partial charge in [0.1, 0.15) is 11.5 Å². The molecule has 1 aliphatic heterocycles. The molecule has 4 radical (unpaired) electrons. The van der Waals surface area contributed by atoms with Crippen LogP contribution in [0.4, 0.5) is 26.3 Å². The van der Waals surface area contributed by atoms with Crippen molar-refractivity contribution in [2.75, 3.05) is 0 Å². The third-order valence-electron chi connectivity index (χ3n) is 13.5. The highest BCUT2D eigenvalue weighted by atomic mass is 28.3. The lowest BCUT2D eigenvalue weighted by Crippen LogP contribution is -2.75. The van der Waals surface area contributed by atoms with Gasteiger partial charge in [0, 0.05) is 10.3 Å². The van der Waals surface area contributed by atoms with E-state index in [1.165, 1.54) is 27.7 Å². The average Bonchev–Trinajstić information content (AvgIpc) is 3.85. The number of nitrogens with zero attached hydrogens (tertiary/aromatic N) is 3. The van der Waals surface area contributed by atoms with Crippen LogP contribution in [0.5, 0.6) is 11.5 Å².